The first kappa shape index (κ1) is 30.0. The number of rotatable bonds is 10. The van der Waals surface area contributed by atoms with Gasteiger partial charge in [0.1, 0.15) is 6.10 Å². The average Bonchev–Trinajstić information content (AvgIpc) is 3.29. The van der Waals surface area contributed by atoms with Gasteiger partial charge in [0.05, 0.1) is 23.9 Å². The largest absolute Gasteiger partial charge is 0.461 e. The molecule has 0 amide bonds. The molecule has 11 heteroatoms. The molecule has 1 aromatic heterocycles. The topological polar surface area (TPSA) is 104 Å². The van der Waals surface area contributed by atoms with Crippen molar-refractivity contribution in [3.05, 3.63) is 24.3 Å². The number of hydrogen-bond donors (Lipinski definition) is 0. The average molecular weight is 579 g/mol. The lowest BCUT2D eigenvalue weighted by molar-refractivity contribution is -0.152. The van der Waals surface area contributed by atoms with E-state index in [-0.39, 0.29) is 22.7 Å². The van der Waals surface area contributed by atoms with Crippen LogP contribution in [0.4, 0.5) is 0 Å². The van der Waals surface area contributed by atoms with Crippen molar-refractivity contribution < 1.29 is 22.7 Å². The SMILES string of the molecule is CC(C)Cn1c(SCC(=O)OC2CC(C)CCC2C(C)C)nnc1-c1cccc(S(=O)(=O)N2CCOCC2)c1. The highest BCUT2D eigenvalue weighted by atomic mass is 32.2. The zero-order valence-electron chi connectivity index (χ0n) is 23.7. The zero-order valence-corrected chi connectivity index (χ0v) is 25.3. The molecule has 4 rings (SSSR count). The van der Waals surface area contributed by atoms with Crippen molar-refractivity contribution >= 4 is 27.8 Å². The molecule has 39 heavy (non-hydrogen) atoms. The third kappa shape index (κ3) is 7.42. The summed E-state index contributed by atoms with van der Waals surface area (Å²) in [4.78, 5) is 13.1. The second kappa shape index (κ2) is 13.1. The first-order chi connectivity index (χ1) is 18.6. The van der Waals surface area contributed by atoms with Crippen molar-refractivity contribution in [2.24, 2.45) is 23.7 Å². The van der Waals surface area contributed by atoms with Gasteiger partial charge in [-0.2, -0.15) is 4.31 Å². The van der Waals surface area contributed by atoms with Gasteiger partial charge in [0.25, 0.3) is 0 Å². The predicted molar refractivity (Wildman–Crippen MR) is 152 cm³/mol. The van der Waals surface area contributed by atoms with Gasteiger partial charge in [0.2, 0.25) is 10.0 Å². The maximum absolute atomic E-state index is 13.2. The van der Waals surface area contributed by atoms with Gasteiger partial charge in [-0.15, -0.1) is 10.2 Å². The fraction of sp³-hybridized carbons (Fsp3) is 0.679. The van der Waals surface area contributed by atoms with Crippen molar-refractivity contribution in [1.29, 1.82) is 0 Å². The van der Waals surface area contributed by atoms with Crippen molar-refractivity contribution in [3.8, 4) is 11.4 Å². The summed E-state index contributed by atoms with van der Waals surface area (Å²) in [6, 6.07) is 6.85. The molecule has 9 nitrogen and oxygen atoms in total. The Morgan fingerprint density at radius 3 is 2.59 bits per heavy atom. The van der Waals surface area contributed by atoms with Gasteiger partial charge < -0.3 is 14.0 Å². The summed E-state index contributed by atoms with van der Waals surface area (Å²) < 4.78 is 41.2. The number of sulfonamides is 1. The zero-order chi connectivity index (χ0) is 28.2. The van der Waals surface area contributed by atoms with Crippen LogP contribution in [0.25, 0.3) is 11.4 Å². The molecule has 1 aromatic carbocycles. The molecule has 1 saturated heterocycles. The third-order valence-electron chi connectivity index (χ3n) is 7.53. The molecule has 0 spiro atoms. The maximum Gasteiger partial charge on any atom is 0.316 e. The number of thioether (sulfide) groups is 1. The van der Waals surface area contributed by atoms with Crippen LogP contribution in [-0.2, 0) is 30.8 Å². The lowest BCUT2D eigenvalue weighted by Gasteiger charge is -2.36. The summed E-state index contributed by atoms with van der Waals surface area (Å²) in [5, 5.41) is 9.44. The highest BCUT2D eigenvalue weighted by Gasteiger charge is 2.33. The van der Waals surface area contributed by atoms with Crippen molar-refractivity contribution in [2.45, 2.75) is 76.6 Å². The molecule has 0 bridgehead atoms. The van der Waals surface area contributed by atoms with E-state index in [1.165, 1.54) is 22.5 Å². The molecule has 1 aliphatic carbocycles. The monoisotopic (exact) mass is 578 g/mol. The van der Waals surface area contributed by atoms with Crippen LogP contribution in [0, 0.1) is 23.7 Å². The van der Waals surface area contributed by atoms with Crippen LogP contribution in [0.2, 0.25) is 0 Å². The molecule has 2 aromatic rings. The summed E-state index contributed by atoms with van der Waals surface area (Å²) in [5.74, 6) is 2.22. The molecule has 3 unspecified atom stereocenters. The van der Waals surface area contributed by atoms with Crippen LogP contribution in [0.1, 0.15) is 53.9 Å². The van der Waals surface area contributed by atoms with Gasteiger partial charge in [0.15, 0.2) is 11.0 Å². The van der Waals surface area contributed by atoms with E-state index in [2.05, 4.69) is 44.8 Å². The summed E-state index contributed by atoms with van der Waals surface area (Å²) in [5.41, 5.74) is 0.669. The number of ether oxygens (including phenoxy) is 2. The molecule has 0 N–H and O–H groups in total. The Kier molecular flexibility index (Phi) is 10.1. The number of esters is 1. The highest BCUT2D eigenvalue weighted by Crippen LogP contribution is 2.36. The Balaban J connectivity index is 1.51. The van der Waals surface area contributed by atoms with Gasteiger partial charge in [-0.05, 0) is 48.6 Å². The van der Waals surface area contributed by atoms with E-state index in [4.69, 9.17) is 9.47 Å². The predicted octanol–water partition coefficient (Wildman–Crippen LogP) is 4.72. The molecule has 2 aliphatic rings. The van der Waals surface area contributed by atoms with Crippen molar-refractivity contribution in [3.63, 3.8) is 0 Å². The fourth-order valence-corrected chi connectivity index (χ4v) is 7.63. The van der Waals surface area contributed by atoms with Crippen LogP contribution < -0.4 is 0 Å². The van der Waals surface area contributed by atoms with E-state index in [1.807, 2.05) is 10.6 Å². The number of aromatic nitrogens is 3. The number of carbonyl (C=O) groups excluding carboxylic acids is 1. The molecule has 1 aliphatic heterocycles. The minimum Gasteiger partial charge on any atom is -0.461 e. The lowest BCUT2D eigenvalue weighted by Crippen LogP contribution is -2.40. The Hall–Kier alpha value is -1.95. The number of morpholine rings is 1. The van der Waals surface area contributed by atoms with Crippen LogP contribution in [0.5, 0.6) is 0 Å². The van der Waals surface area contributed by atoms with Crippen LogP contribution in [-0.4, -0.2) is 71.6 Å². The van der Waals surface area contributed by atoms with Crippen LogP contribution in [0.15, 0.2) is 34.3 Å². The summed E-state index contributed by atoms with van der Waals surface area (Å²) >= 11 is 1.32. The van der Waals surface area contributed by atoms with Crippen molar-refractivity contribution in [1.82, 2.24) is 19.1 Å². The van der Waals surface area contributed by atoms with E-state index in [1.54, 1.807) is 18.2 Å². The smallest absolute Gasteiger partial charge is 0.316 e. The number of hydrogen-bond acceptors (Lipinski definition) is 8. The molecular weight excluding hydrogens is 536 g/mol. The number of carbonyl (C=O) groups is 1. The molecule has 2 heterocycles. The Morgan fingerprint density at radius 1 is 1.15 bits per heavy atom. The Bertz CT molecular complexity index is 1220. The first-order valence-corrected chi connectivity index (χ1v) is 16.4. The van der Waals surface area contributed by atoms with Gasteiger partial charge in [-0.3, -0.25) is 4.79 Å². The quantitative estimate of drug-likeness (QED) is 0.295. The minimum atomic E-state index is -3.64. The summed E-state index contributed by atoms with van der Waals surface area (Å²) in [6.07, 6.45) is 3.15. The van der Waals surface area contributed by atoms with E-state index < -0.39 is 10.0 Å². The highest BCUT2D eigenvalue weighted by molar-refractivity contribution is 7.99. The van der Waals surface area contributed by atoms with E-state index in [9.17, 15) is 13.2 Å². The Labute approximate surface area is 237 Å². The molecular formula is C28H42N4O5S2. The van der Waals surface area contributed by atoms with E-state index in [0.29, 0.717) is 73.1 Å². The molecule has 0 radical (unpaired) electrons. The first-order valence-electron chi connectivity index (χ1n) is 14.0. The second-order valence-corrected chi connectivity index (χ2v) is 14.4. The van der Waals surface area contributed by atoms with E-state index >= 15 is 0 Å². The van der Waals surface area contributed by atoms with Gasteiger partial charge >= 0.3 is 5.97 Å². The summed E-state index contributed by atoms with van der Waals surface area (Å²) in [6.45, 7) is 12.9. The fourth-order valence-electron chi connectivity index (χ4n) is 5.45. The normalized spacial score (nSPS) is 22.9. The lowest BCUT2D eigenvalue weighted by atomic mass is 9.75. The van der Waals surface area contributed by atoms with Gasteiger partial charge in [0, 0.05) is 25.2 Å². The van der Waals surface area contributed by atoms with E-state index in [0.717, 1.165) is 12.8 Å². The summed E-state index contributed by atoms with van der Waals surface area (Å²) in [7, 11) is -3.64. The molecule has 216 valence electrons. The minimum absolute atomic E-state index is 0.0397. The van der Waals surface area contributed by atoms with Crippen LogP contribution >= 0.6 is 11.8 Å². The van der Waals surface area contributed by atoms with Crippen LogP contribution in [0.3, 0.4) is 0 Å². The number of benzene rings is 1. The maximum atomic E-state index is 13.2. The third-order valence-corrected chi connectivity index (χ3v) is 10.4. The van der Waals surface area contributed by atoms with Gasteiger partial charge in [-0.25, -0.2) is 8.42 Å². The standard InChI is InChI=1S/C28H42N4O5S2/c1-19(2)17-32-27(22-7-6-8-23(16-22)39(34,35)31-11-13-36-14-12-31)29-30-28(32)38-18-26(33)37-25-15-21(5)9-10-24(25)20(3)4/h6-8,16,19-21,24-25H,9-15,17-18H2,1-5H3. The molecule has 2 fully saturated rings. The number of nitrogens with zero attached hydrogens (tertiary/aromatic N) is 4. The molecule has 1 saturated carbocycles. The second-order valence-electron chi connectivity index (χ2n) is 11.5. The van der Waals surface area contributed by atoms with Gasteiger partial charge in [-0.1, -0.05) is 64.9 Å². The Morgan fingerprint density at radius 2 is 1.90 bits per heavy atom. The molecule has 3 atom stereocenters. The van der Waals surface area contributed by atoms with Crippen molar-refractivity contribution in [2.75, 3.05) is 32.1 Å².